The Morgan fingerprint density at radius 1 is 1.31 bits per heavy atom. The van der Waals surface area contributed by atoms with Gasteiger partial charge in [-0.2, -0.15) is 0 Å². The summed E-state index contributed by atoms with van der Waals surface area (Å²) < 4.78 is 5.57. The third-order valence-corrected chi connectivity index (χ3v) is 6.05. The fourth-order valence-corrected chi connectivity index (χ4v) is 4.31. The lowest BCUT2D eigenvalue weighted by atomic mass is 9.95. The molecule has 150 valence electrons. The van der Waals surface area contributed by atoms with E-state index >= 15 is 0 Å². The number of aromatic amines is 1. The normalized spacial score (nSPS) is 22.4. The number of ether oxygens (including phenoxy) is 1. The number of carbonyl (C=O) groups is 2. The standard InChI is InChI=1S/C25H27NO3/c1-3-8-20-22(24(28)29-16-17-9-5-4-6-10-17)21(15-27)26-23(20)18-11-7-12-19-14-25(19,2)13-18/h4-7,9-10,12-13,15,19,26H,3,8,11,14,16H2,1-2H3. The summed E-state index contributed by atoms with van der Waals surface area (Å²) in [6, 6.07) is 9.58. The highest BCUT2D eigenvalue weighted by Gasteiger charge is 2.47. The van der Waals surface area contributed by atoms with Crippen LogP contribution in [0.2, 0.25) is 0 Å². The van der Waals surface area contributed by atoms with Crippen LogP contribution in [0.5, 0.6) is 0 Å². The van der Waals surface area contributed by atoms with Crippen molar-refractivity contribution in [3.05, 3.63) is 76.6 Å². The van der Waals surface area contributed by atoms with Gasteiger partial charge in [0.1, 0.15) is 6.61 Å². The molecule has 2 aliphatic carbocycles. The number of aromatic nitrogens is 1. The second-order valence-corrected chi connectivity index (χ2v) is 8.32. The van der Waals surface area contributed by atoms with Crippen LogP contribution in [0.4, 0.5) is 0 Å². The van der Waals surface area contributed by atoms with Gasteiger partial charge >= 0.3 is 5.97 Å². The number of nitrogens with one attached hydrogen (secondary N) is 1. The Labute approximate surface area is 171 Å². The minimum absolute atomic E-state index is 0.187. The van der Waals surface area contributed by atoms with E-state index in [0.717, 1.165) is 54.4 Å². The van der Waals surface area contributed by atoms with E-state index in [1.54, 1.807) is 0 Å². The van der Waals surface area contributed by atoms with Crippen LogP contribution in [0.1, 0.15) is 70.8 Å². The van der Waals surface area contributed by atoms with Crippen LogP contribution in [0, 0.1) is 11.3 Å². The van der Waals surface area contributed by atoms with Gasteiger partial charge < -0.3 is 9.72 Å². The number of carbonyl (C=O) groups excluding carboxylic acids is 2. The van der Waals surface area contributed by atoms with Gasteiger partial charge in [0.05, 0.1) is 11.3 Å². The molecule has 2 aromatic rings. The van der Waals surface area contributed by atoms with Gasteiger partial charge in [0.2, 0.25) is 0 Å². The maximum absolute atomic E-state index is 13.0. The second kappa shape index (κ2) is 7.86. The van der Waals surface area contributed by atoms with Crippen molar-refractivity contribution in [2.75, 3.05) is 0 Å². The van der Waals surface area contributed by atoms with E-state index in [2.05, 4.69) is 37.1 Å². The molecule has 0 spiro atoms. The first kappa shape index (κ1) is 19.4. The Morgan fingerprint density at radius 2 is 2.10 bits per heavy atom. The van der Waals surface area contributed by atoms with Gasteiger partial charge in [-0.15, -0.1) is 0 Å². The molecule has 1 aromatic carbocycles. The molecule has 1 aromatic heterocycles. The quantitative estimate of drug-likeness (QED) is 0.386. The summed E-state index contributed by atoms with van der Waals surface area (Å²) in [5.41, 5.74) is 4.79. The van der Waals surface area contributed by atoms with Gasteiger partial charge in [-0.3, -0.25) is 4.79 Å². The predicted molar refractivity (Wildman–Crippen MR) is 114 cm³/mol. The van der Waals surface area contributed by atoms with Crippen LogP contribution in [-0.2, 0) is 17.8 Å². The van der Waals surface area contributed by atoms with E-state index in [0.29, 0.717) is 17.2 Å². The molecule has 1 saturated carbocycles. The maximum atomic E-state index is 13.0. The third-order valence-electron chi connectivity index (χ3n) is 6.05. The molecular formula is C25H27NO3. The number of fused-ring (bicyclic) bond motifs is 1. The molecule has 4 rings (SSSR count). The Kier molecular flexibility index (Phi) is 5.27. The lowest BCUT2D eigenvalue weighted by Gasteiger charge is -2.11. The molecular weight excluding hydrogens is 362 g/mol. The van der Waals surface area contributed by atoms with Crippen molar-refractivity contribution in [2.45, 2.75) is 46.1 Å². The highest BCUT2D eigenvalue weighted by molar-refractivity contribution is 6.00. The van der Waals surface area contributed by atoms with Crippen molar-refractivity contribution in [3.63, 3.8) is 0 Å². The maximum Gasteiger partial charge on any atom is 0.341 e. The van der Waals surface area contributed by atoms with Crippen molar-refractivity contribution in [3.8, 4) is 0 Å². The van der Waals surface area contributed by atoms with E-state index in [4.69, 9.17) is 4.74 Å². The number of hydrogen-bond donors (Lipinski definition) is 1. The van der Waals surface area contributed by atoms with E-state index in [1.165, 1.54) is 0 Å². The molecule has 0 bridgehead atoms. The first-order valence-corrected chi connectivity index (χ1v) is 10.4. The predicted octanol–water partition coefficient (Wildman–Crippen LogP) is 5.51. The van der Waals surface area contributed by atoms with Crippen LogP contribution in [0.15, 0.2) is 48.6 Å². The first-order valence-electron chi connectivity index (χ1n) is 10.4. The summed E-state index contributed by atoms with van der Waals surface area (Å²) >= 11 is 0. The van der Waals surface area contributed by atoms with E-state index in [9.17, 15) is 9.59 Å². The third kappa shape index (κ3) is 3.84. The molecule has 0 aliphatic heterocycles. The van der Waals surface area contributed by atoms with Gasteiger partial charge in [-0.25, -0.2) is 4.79 Å². The topological polar surface area (TPSA) is 59.2 Å². The van der Waals surface area contributed by atoms with Crippen LogP contribution < -0.4 is 0 Å². The molecule has 2 unspecified atom stereocenters. The second-order valence-electron chi connectivity index (χ2n) is 8.32. The summed E-state index contributed by atoms with van der Waals surface area (Å²) in [5.74, 6) is 0.160. The Bertz CT molecular complexity index is 983. The highest BCUT2D eigenvalue weighted by atomic mass is 16.5. The van der Waals surface area contributed by atoms with Crippen molar-refractivity contribution < 1.29 is 14.3 Å². The molecule has 2 aliphatic rings. The van der Waals surface area contributed by atoms with E-state index in [1.807, 2.05) is 30.3 Å². The summed E-state index contributed by atoms with van der Waals surface area (Å²) in [6.45, 7) is 4.54. The van der Waals surface area contributed by atoms with Crippen LogP contribution >= 0.6 is 0 Å². The molecule has 0 radical (unpaired) electrons. The molecule has 4 nitrogen and oxygen atoms in total. The van der Waals surface area contributed by atoms with Gasteiger partial charge in [0.15, 0.2) is 6.29 Å². The molecule has 1 N–H and O–H groups in total. The average Bonchev–Trinajstić information content (AvgIpc) is 3.26. The molecule has 4 heteroatoms. The van der Waals surface area contributed by atoms with Gasteiger partial charge in [-0.05, 0) is 47.3 Å². The highest BCUT2D eigenvalue weighted by Crippen LogP contribution is 2.57. The van der Waals surface area contributed by atoms with E-state index < -0.39 is 5.97 Å². The van der Waals surface area contributed by atoms with E-state index in [-0.39, 0.29) is 12.0 Å². The number of H-pyrrole nitrogens is 1. The molecule has 0 saturated heterocycles. The minimum atomic E-state index is -0.442. The molecule has 1 fully saturated rings. The zero-order valence-corrected chi connectivity index (χ0v) is 17.0. The summed E-state index contributed by atoms with van der Waals surface area (Å²) in [5, 5.41) is 0. The fourth-order valence-electron chi connectivity index (χ4n) is 4.31. The molecule has 1 heterocycles. The molecule has 2 atom stereocenters. The Hall–Kier alpha value is -2.88. The number of aldehydes is 1. The summed E-state index contributed by atoms with van der Waals surface area (Å²) in [7, 11) is 0. The molecule has 29 heavy (non-hydrogen) atoms. The van der Waals surface area contributed by atoms with Crippen molar-refractivity contribution in [1.29, 1.82) is 0 Å². The lowest BCUT2D eigenvalue weighted by molar-refractivity contribution is 0.0469. The zero-order chi connectivity index (χ0) is 20.4. The number of allylic oxidation sites excluding steroid dienone is 4. The fraction of sp³-hybridized carbons (Fsp3) is 0.360. The first-order chi connectivity index (χ1) is 14.1. The SMILES string of the molecule is CCCc1c(C2=CC3(C)CC3C=CC2)[nH]c(C=O)c1C(=O)OCc1ccccc1. The van der Waals surface area contributed by atoms with Crippen molar-refractivity contribution in [2.24, 2.45) is 11.3 Å². The molecule has 0 amide bonds. The number of benzene rings is 1. The van der Waals surface area contributed by atoms with Gasteiger partial charge in [-0.1, -0.05) is 68.8 Å². The lowest BCUT2D eigenvalue weighted by Crippen LogP contribution is -2.10. The van der Waals surface area contributed by atoms with Crippen LogP contribution in [-0.4, -0.2) is 17.2 Å². The number of hydrogen-bond acceptors (Lipinski definition) is 3. The van der Waals surface area contributed by atoms with Crippen LogP contribution in [0.3, 0.4) is 0 Å². The summed E-state index contributed by atoms with van der Waals surface area (Å²) in [4.78, 5) is 28.0. The number of esters is 1. The summed E-state index contributed by atoms with van der Waals surface area (Å²) in [6.07, 6.45) is 11.1. The smallest absolute Gasteiger partial charge is 0.341 e. The Morgan fingerprint density at radius 3 is 2.83 bits per heavy atom. The van der Waals surface area contributed by atoms with Crippen molar-refractivity contribution in [1.82, 2.24) is 4.98 Å². The number of rotatable bonds is 7. The largest absolute Gasteiger partial charge is 0.457 e. The van der Waals surface area contributed by atoms with Crippen molar-refractivity contribution >= 4 is 17.8 Å². The average molecular weight is 389 g/mol. The minimum Gasteiger partial charge on any atom is -0.457 e. The van der Waals surface area contributed by atoms with Gasteiger partial charge in [0, 0.05) is 5.69 Å². The monoisotopic (exact) mass is 389 g/mol. The Balaban J connectivity index is 1.68. The van der Waals surface area contributed by atoms with Crippen LogP contribution in [0.25, 0.3) is 5.57 Å². The zero-order valence-electron chi connectivity index (χ0n) is 17.0. The van der Waals surface area contributed by atoms with Gasteiger partial charge in [0.25, 0.3) is 0 Å².